The monoisotopic (exact) mass is 755 g/mol. The predicted octanol–water partition coefficient (Wildman–Crippen LogP) is -0.00800. The maximum atomic E-state index is 13.4. The molecule has 2 unspecified atom stereocenters. The Balaban J connectivity index is 1.13. The number of ether oxygens (including phenoxy) is 2. The van der Waals surface area contributed by atoms with Gasteiger partial charge in [-0.3, -0.25) is 32.4 Å². The second-order valence-corrected chi connectivity index (χ2v) is 15.2. The molecule has 0 aliphatic carbocycles. The third-order valence-corrected chi connectivity index (χ3v) is 11.2. The van der Waals surface area contributed by atoms with E-state index >= 15 is 0 Å². The Bertz CT molecular complexity index is 2250. The summed E-state index contributed by atoms with van der Waals surface area (Å²) in [5, 5.41) is 24.9. The number of hydrogen-bond donors (Lipinski definition) is 7. The van der Waals surface area contributed by atoms with Gasteiger partial charge >= 0.3 is 15.6 Å². The molecule has 3 aliphatic heterocycles. The van der Waals surface area contributed by atoms with Gasteiger partial charge in [0.05, 0.1) is 24.9 Å². The van der Waals surface area contributed by atoms with Crippen LogP contribution in [-0.4, -0.2) is 104 Å². The van der Waals surface area contributed by atoms with Gasteiger partial charge < -0.3 is 45.5 Å². The molecule has 2 bridgehead atoms. The Morgan fingerprint density at radius 2 is 1.64 bits per heavy atom. The number of phosphoric acid groups is 2. The molecule has 50 heavy (non-hydrogen) atoms. The minimum absolute atomic E-state index is 0.126. The SMILES string of the molecule is Nc1nc2c(ncn2[C@@H]2O[C@@H]3COP(=O)(O)O[C@H]4[C@@H](O)[C@H](n5cc(-c6cccs6)c6c(N)ncnc65)O[C@@H]4COP(=O)(O)O[C@@H]2[C@@H]3O)c(=O)[nH]1. The van der Waals surface area contributed by atoms with Gasteiger partial charge in [-0.25, -0.2) is 24.1 Å². The van der Waals surface area contributed by atoms with Crippen LogP contribution in [0, 0.1) is 0 Å². The van der Waals surface area contributed by atoms with E-state index in [2.05, 4.69) is 24.9 Å². The molecule has 3 saturated heterocycles. The maximum Gasteiger partial charge on any atom is 0.472 e. The van der Waals surface area contributed by atoms with Gasteiger partial charge in [-0.15, -0.1) is 11.3 Å². The first-order chi connectivity index (χ1) is 23.8. The summed E-state index contributed by atoms with van der Waals surface area (Å²) in [7, 11) is -10.2. The van der Waals surface area contributed by atoms with Crippen molar-refractivity contribution >= 4 is 60.9 Å². The van der Waals surface area contributed by atoms with E-state index in [1.165, 1.54) is 22.2 Å². The van der Waals surface area contributed by atoms with Crippen LogP contribution in [0.4, 0.5) is 11.8 Å². The number of nitrogens with two attached hydrogens (primary N) is 2. The first-order valence-corrected chi connectivity index (χ1v) is 18.5. The average molecular weight is 756 g/mol. The van der Waals surface area contributed by atoms with Crippen molar-refractivity contribution in [3.63, 3.8) is 0 Å². The van der Waals surface area contributed by atoms with Crippen LogP contribution in [0.3, 0.4) is 0 Å². The quantitative estimate of drug-likeness (QED) is 0.119. The summed E-state index contributed by atoms with van der Waals surface area (Å²) in [6.07, 6.45) is -8.77. The molecule has 0 amide bonds. The molecular formula is C25H27N9O13P2S. The van der Waals surface area contributed by atoms with E-state index in [1.807, 2.05) is 17.5 Å². The van der Waals surface area contributed by atoms with Crippen LogP contribution in [0.25, 0.3) is 32.6 Å². The lowest BCUT2D eigenvalue weighted by molar-refractivity contribution is -0.0671. The summed E-state index contributed by atoms with van der Waals surface area (Å²) < 4.78 is 62.3. The third kappa shape index (κ3) is 5.75. The number of thiophene rings is 1. The normalized spacial score (nSPS) is 35.1. The van der Waals surface area contributed by atoms with Crippen LogP contribution in [0.5, 0.6) is 0 Å². The number of fused-ring (bicyclic) bond motifs is 5. The van der Waals surface area contributed by atoms with Gasteiger partial charge in [-0.1, -0.05) is 6.07 Å². The van der Waals surface area contributed by atoms with Crippen LogP contribution in [0.1, 0.15) is 12.5 Å². The number of nitrogens with zero attached hydrogens (tertiary/aromatic N) is 6. The van der Waals surface area contributed by atoms with E-state index in [1.54, 1.807) is 6.20 Å². The molecule has 10 atom stereocenters. The second-order valence-electron chi connectivity index (χ2n) is 11.4. The lowest BCUT2D eigenvalue weighted by Crippen LogP contribution is -2.36. The molecule has 266 valence electrons. The fraction of sp³-hybridized carbons (Fsp3) is 0.400. The maximum absolute atomic E-state index is 13.4. The van der Waals surface area contributed by atoms with Crippen molar-refractivity contribution in [2.45, 2.75) is 49.1 Å². The Morgan fingerprint density at radius 3 is 2.38 bits per heavy atom. The van der Waals surface area contributed by atoms with Crippen molar-refractivity contribution in [3.05, 3.63) is 46.7 Å². The molecule has 0 radical (unpaired) electrons. The van der Waals surface area contributed by atoms with Crippen molar-refractivity contribution in [3.8, 4) is 10.4 Å². The van der Waals surface area contributed by atoms with Crippen molar-refractivity contribution in [1.29, 1.82) is 0 Å². The Kier molecular flexibility index (Phi) is 8.19. The largest absolute Gasteiger partial charge is 0.472 e. The zero-order chi connectivity index (χ0) is 35.1. The lowest BCUT2D eigenvalue weighted by atomic mass is 10.1. The van der Waals surface area contributed by atoms with Gasteiger partial charge in [-0.2, -0.15) is 4.98 Å². The summed E-state index contributed by atoms with van der Waals surface area (Å²) in [4.78, 5) is 53.4. The number of aliphatic hydroxyl groups excluding tert-OH is 2. The standard InChI is InChI=1S/C25H27N9O13P2S/c26-19-13-9(12-2-1-3-50-12)4-33(20(13)29-7-28-19)23-16(36)17-11(45-23)6-43-49(40,41)47-18-15(35)10(5-42-48(38,39)46-17)44-24(18)34-8-30-14-21(34)31-25(27)32-22(14)37/h1-4,7-8,10-11,15-18,23-24,35-36H,5-6H2,(H,38,39)(H,40,41)(H2,26,28,29)(H3,27,31,32,37)/t10-,11-,15-,16-,17-,18-,23-,24-/m1/s1. The van der Waals surface area contributed by atoms with Crippen LogP contribution in [0.15, 0.2) is 41.2 Å². The van der Waals surface area contributed by atoms with E-state index < -0.39 is 83.5 Å². The molecule has 8 heterocycles. The zero-order valence-corrected chi connectivity index (χ0v) is 27.7. The number of imidazole rings is 1. The molecule has 0 saturated carbocycles. The minimum atomic E-state index is -5.14. The molecule has 0 aromatic carbocycles. The summed E-state index contributed by atoms with van der Waals surface area (Å²) in [5.74, 6) is -0.138. The van der Waals surface area contributed by atoms with Crippen molar-refractivity contribution in [2.24, 2.45) is 0 Å². The Labute approximate surface area is 282 Å². The topological polar surface area (TPSA) is 317 Å². The number of aromatic amines is 1. The van der Waals surface area contributed by atoms with E-state index in [9.17, 15) is 33.9 Å². The van der Waals surface area contributed by atoms with E-state index in [0.29, 0.717) is 10.9 Å². The summed E-state index contributed by atoms with van der Waals surface area (Å²) in [6.45, 7) is -1.65. The number of nitrogens with one attached hydrogen (secondary N) is 1. The number of H-pyrrole nitrogens is 1. The van der Waals surface area contributed by atoms with E-state index in [0.717, 1.165) is 15.8 Å². The first-order valence-electron chi connectivity index (χ1n) is 14.7. The first kappa shape index (κ1) is 33.5. The van der Waals surface area contributed by atoms with E-state index in [-0.39, 0.29) is 28.6 Å². The molecule has 0 spiro atoms. The molecule has 9 N–H and O–H groups in total. The fourth-order valence-corrected chi connectivity index (χ4v) is 8.80. The van der Waals surface area contributed by atoms with Gasteiger partial charge in [0.25, 0.3) is 5.56 Å². The van der Waals surface area contributed by atoms with Gasteiger partial charge in [0.1, 0.15) is 54.4 Å². The number of aromatic nitrogens is 7. The molecule has 3 fully saturated rings. The molecule has 8 rings (SSSR count). The van der Waals surface area contributed by atoms with Gasteiger partial charge in [0, 0.05) is 16.6 Å². The third-order valence-electron chi connectivity index (χ3n) is 8.36. The average Bonchev–Trinajstić information content (AvgIpc) is 3.88. The van der Waals surface area contributed by atoms with Crippen molar-refractivity contribution in [2.75, 3.05) is 24.7 Å². The van der Waals surface area contributed by atoms with Crippen LogP contribution in [0.2, 0.25) is 0 Å². The molecule has 3 aliphatic rings. The number of rotatable bonds is 3. The van der Waals surface area contributed by atoms with Crippen LogP contribution in [-0.2, 0) is 36.7 Å². The summed E-state index contributed by atoms with van der Waals surface area (Å²) >= 11 is 1.41. The zero-order valence-electron chi connectivity index (χ0n) is 25.1. The summed E-state index contributed by atoms with van der Waals surface area (Å²) in [6, 6.07) is 3.67. The Morgan fingerprint density at radius 1 is 0.920 bits per heavy atom. The molecule has 5 aromatic rings. The minimum Gasteiger partial charge on any atom is -0.387 e. The predicted molar refractivity (Wildman–Crippen MR) is 169 cm³/mol. The fourth-order valence-electron chi connectivity index (χ4n) is 6.16. The van der Waals surface area contributed by atoms with Crippen molar-refractivity contribution < 1.29 is 56.7 Å². The number of nitrogen functional groups attached to an aromatic ring is 2. The highest BCUT2D eigenvalue weighted by molar-refractivity contribution is 7.47. The highest BCUT2D eigenvalue weighted by atomic mass is 32.1. The number of phosphoric ester groups is 2. The van der Waals surface area contributed by atoms with Gasteiger partial charge in [0.2, 0.25) is 5.95 Å². The van der Waals surface area contributed by atoms with Crippen LogP contribution >= 0.6 is 27.0 Å². The van der Waals surface area contributed by atoms with Crippen molar-refractivity contribution in [1.82, 2.24) is 34.1 Å². The number of hydrogen-bond acceptors (Lipinski definition) is 18. The van der Waals surface area contributed by atoms with E-state index in [4.69, 9.17) is 39.0 Å². The lowest BCUT2D eigenvalue weighted by Gasteiger charge is -2.25. The van der Waals surface area contributed by atoms with Gasteiger partial charge in [-0.05, 0) is 11.4 Å². The summed E-state index contributed by atoms with van der Waals surface area (Å²) in [5.41, 5.74) is 11.8. The number of aliphatic hydroxyl groups is 2. The molecule has 22 nitrogen and oxygen atoms in total. The molecule has 25 heteroatoms. The second kappa shape index (κ2) is 12.2. The molecule has 5 aromatic heterocycles. The highest BCUT2D eigenvalue weighted by Gasteiger charge is 2.54. The smallest absolute Gasteiger partial charge is 0.387 e. The number of anilines is 2. The molecular weight excluding hydrogens is 728 g/mol. The highest BCUT2D eigenvalue weighted by Crippen LogP contribution is 2.54. The van der Waals surface area contributed by atoms with Crippen LogP contribution < -0.4 is 17.0 Å². The van der Waals surface area contributed by atoms with Gasteiger partial charge in [0.15, 0.2) is 23.6 Å². The Hall–Kier alpha value is -3.67.